The highest BCUT2D eigenvalue weighted by atomic mass is 16.5. The maximum Gasteiger partial charge on any atom is 0.120 e. The Kier molecular flexibility index (Phi) is 3.69. The molecule has 0 aromatic heterocycles. The third-order valence-electron chi connectivity index (χ3n) is 3.17. The van der Waals surface area contributed by atoms with E-state index in [4.69, 9.17) is 4.74 Å². The van der Waals surface area contributed by atoms with E-state index >= 15 is 0 Å². The summed E-state index contributed by atoms with van der Waals surface area (Å²) in [4.78, 5) is 0. The molecule has 0 aliphatic carbocycles. The van der Waals surface area contributed by atoms with Crippen LogP contribution in [-0.2, 0) is 5.60 Å². The topological polar surface area (TPSA) is 41.5 Å². The standard InChI is InChI=1S/C14H21NO2/c1-11(2)17-13-5-3-4-12(10-13)14(16)6-8-15-9-7-14/h3-5,10-11,15-16H,6-9H2,1-2H3. The quantitative estimate of drug-likeness (QED) is 0.842. The lowest BCUT2D eigenvalue weighted by Crippen LogP contribution is -2.39. The molecule has 1 fully saturated rings. The zero-order chi connectivity index (χ0) is 12.3. The second-order valence-corrected chi connectivity index (χ2v) is 4.98. The Morgan fingerprint density at radius 1 is 1.29 bits per heavy atom. The van der Waals surface area contributed by atoms with Crippen molar-refractivity contribution in [2.45, 2.75) is 38.4 Å². The Morgan fingerprint density at radius 2 is 2.00 bits per heavy atom. The van der Waals surface area contributed by atoms with Crippen LogP contribution in [0.15, 0.2) is 24.3 Å². The van der Waals surface area contributed by atoms with Gasteiger partial charge in [-0.25, -0.2) is 0 Å². The number of hydrogen-bond acceptors (Lipinski definition) is 3. The van der Waals surface area contributed by atoms with E-state index in [0.29, 0.717) is 0 Å². The zero-order valence-electron chi connectivity index (χ0n) is 10.6. The highest BCUT2D eigenvalue weighted by Gasteiger charge is 2.31. The molecule has 0 amide bonds. The van der Waals surface area contributed by atoms with E-state index in [1.54, 1.807) is 0 Å². The molecule has 1 heterocycles. The van der Waals surface area contributed by atoms with Crippen molar-refractivity contribution < 1.29 is 9.84 Å². The van der Waals surface area contributed by atoms with Crippen molar-refractivity contribution in [3.8, 4) is 5.75 Å². The van der Waals surface area contributed by atoms with Gasteiger partial charge in [0.2, 0.25) is 0 Å². The summed E-state index contributed by atoms with van der Waals surface area (Å²) in [6.07, 6.45) is 1.68. The van der Waals surface area contributed by atoms with Crippen molar-refractivity contribution in [1.29, 1.82) is 0 Å². The van der Waals surface area contributed by atoms with Gasteiger partial charge in [0.05, 0.1) is 11.7 Å². The van der Waals surface area contributed by atoms with E-state index in [-0.39, 0.29) is 6.10 Å². The lowest BCUT2D eigenvalue weighted by Gasteiger charge is -2.33. The number of nitrogens with one attached hydrogen (secondary N) is 1. The minimum absolute atomic E-state index is 0.160. The molecule has 0 radical (unpaired) electrons. The second-order valence-electron chi connectivity index (χ2n) is 4.98. The van der Waals surface area contributed by atoms with Crippen LogP contribution < -0.4 is 10.1 Å². The van der Waals surface area contributed by atoms with Crippen molar-refractivity contribution in [3.63, 3.8) is 0 Å². The van der Waals surface area contributed by atoms with Gasteiger partial charge in [0.25, 0.3) is 0 Å². The van der Waals surface area contributed by atoms with E-state index < -0.39 is 5.60 Å². The average molecular weight is 235 g/mol. The van der Waals surface area contributed by atoms with Crippen LogP contribution in [0.3, 0.4) is 0 Å². The lowest BCUT2D eigenvalue weighted by atomic mass is 9.85. The van der Waals surface area contributed by atoms with Crippen LogP contribution in [0.5, 0.6) is 5.75 Å². The molecule has 17 heavy (non-hydrogen) atoms. The van der Waals surface area contributed by atoms with E-state index in [1.165, 1.54) is 0 Å². The highest BCUT2D eigenvalue weighted by Crippen LogP contribution is 2.32. The summed E-state index contributed by atoms with van der Waals surface area (Å²) in [6, 6.07) is 7.84. The summed E-state index contributed by atoms with van der Waals surface area (Å²) in [5, 5.41) is 13.9. The van der Waals surface area contributed by atoms with Gasteiger partial charge in [0.15, 0.2) is 0 Å². The van der Waals surface area contributed by atoms with Crippen molar-refractivity contribution in [3.05, 3.63) is 29.8 Å². The molecule has 1 aromatic rings. The molecule has 3 heteroatoms. The molecule has 0 atom stereocenters. The molecular weight excluding hydrogens is 214 g/mol. The first-order chi connectivity index (χ1) is 8.10. The fraction of sp³-hybridized carbons (Fsp3) is 0.571. The van der Waals surface area contributed by atoms with Crippen LogP contribution >= 0.6 is 0 Å². The molecule has 0 saturated carbocycles. The summed E-state index contributed by atoms with van der Waals surface area (Å²) < 4.78 is 5.66. The molecule has 94 valence electrons. The molecular formula is C14H21NO2. The van der Waals surface area contributed by atoms with Crippen LogP contribution in [0.2, 0.25) is 0 Å². The Hall–Kier alpha value is -1.06. The molecule has 0 unspecified atom stereocenters. The average Bonchev–Trinajstić information content (AvgIpc) is 2.29. The number of benzene rings is 1. The smallest absolute Gasteiger partial charge is 0.120 e. The van der Waals surface area contributed by atoms with Gasteiger partial charge in [-0.05, 0) is 57.5 Å². The number of ether oxygens (including phenoxy) is 1. The van der Waals surface area contributed by atoms with Crippen LogP contribution in [-0.4, -0.2) is 24.3 Å². The first kappa shape index (κ1) is 12.4. The van der Waals surface area contributed by atoms with Crippen molar-refractivity contribution >= 4 is 0 Å². The predicted octanol–water partition coefficient (Wildman–Crippen LogP) is 2.04. The third-order valence-corrected chi connectivity index (χ3v) is 3.17. The first-order valence-corrected chi connectivity index (χ1v) is 6.30. The van der Waals surface area contributed by atoms with Crippen LogP contribution in [0, 0.1) is 0 Å². The Balaban J connectivity index is 2.19. The van der Waals surface area contributed by atoms with Crippen molar-refractivity contribution in [2.75, 3.05) is 13.1 Å². The second kappa shape index (κ2) is 5.07. The maximum atomic E-state index is 10.6. The molecule has 1 aliphatic rings. The normalized spacial score (nSPS) is 19.3. The third kappa shape index (κ3) is 2.99. The van der Waals surface area contributed by atoms with Crippen molar-refractivity contribution in [1.82, 2.24) is 5.32 Å². The number of hydrogen-bond donors (Lipinski definition) is 2. The number of aliphatic hydroxyl groups is 1. The molecule has 2 N–H and O–H groups in total. The van der Waals surface area contributed by atoms with Gasteiger partial charge >= 0.3 is 0 Å². The Bertz CT molecular complexity index is 370. The summed E-state index contributed by atoms with van der Waals surface area (Å²) >= 11 is 0. The van der Waals surface area contributed by atoms with Gasteiger partial charge in [-0.3, -0.25) is 0 Å². The molecule has 0 spiro atoms. The van der Waals surface area contributed by atoms with Crippen LogP contribution in [0.1, 0.15) is 32.3 Å². The maximum absolute atomic E-state index is 10.6. The van der Waals surface area contributed by atoms with Crippen LogP contribution in [0.25, 0.3) is 0 Å². The Labute approximate surface area is 103 Å². The van der Waals surface area contributed by atoms with Gasteiger partial charge in [0, 0.05) is 0 Å². The molecule has 1 saturated heterocycles. The SMILES string of the molecule is CC(C)Oc1cccc(C2(O)CCNCC2)c1. The first-order valence-electron chi connectivity index (χ1n) is 6.30. The molecule has 2 rings (SSSR count). The van der Waals surface area contributed by atoms with Crippen LogP contribution in [0.4, 0.5) is 0 Å². The Morgan fingerprint density at radius 3 is 2.65 bits per heavy atom. The molecule has 3 nitrogen and oxygen atoms in total. The minimum Gasteiger partial charge on any atom is -0.491 e. The predicted molar refractivity (Wildman–Crippen MR) is 68.2 cm³/mol. The van der Waals surface area contributed by atoms with E-state index in [1.807, 2.05) is 38.1 Å². The molecule has 0 bridgehead atoms. The van der Waals surface area contributed by atoms with Gasteiger partial charge in [0.1, 0.15) is 5.75 Å². The van der Waals surface area contributed by atoms with E-state index in [0.717, 1.165) is 37.2 Å². The highest BCUT2D eigenvalue weighted by molar-refractivity contribution is 5.32. The minimum atomic E-state index is -0.693. The fourth-order valence-electron chi connectivity index (χ4n) is 2.26. The molecule has 1 aliphatic heterocycles. The summed E-state index contributed by atoms with van der Waals surface area (Å²) in [5.74, 6) is 0.837. The number of piperidine rings is 1. The largest absolute Gasteiger partial charge is 0.491 e. The molecule has 1 aromatic carbocycles. The number of rotatable bonds is 3. The van der Waals surface area contributed by atoms with Crippen molar-refractivity contribution in [2.24, 2.45) is 0 Å². The van der Waals surface area contributed by atoms with Gasteiger partial charge in [-0.2, -0.15) is 0 Å². The van der Waals surface area contributed by atoms with Gasteiger partial charge < -0.3 is 15.2 Å². The summed E-state index contributed by atoms with van der Waals surface area (Å²) in [7, 11) is 0. The van der Waals surface area contributed by atoms with E-state index in [9.17, 15) is 5.11 Å². The van der Waals surface area contributed by atoms with Gasteiger partial charge in [-0.1, -0.05) is 12.1 Å². The zero-order valence-corrected chi connectivity index (χ0v) is 10.6. The summed E-state index contributed by atoms with van der Waals surface area (Å²) in [5.41, 5.74) is 0.277. The fourth-order valence-corrected chi connectivity index (χ4v) is 2.26. The van der Waals surface area contributed by atoms with Gasteiger partial charge in [-0.15, -0.1) is 0 Å². The summed E-state index contributed by atoms with van der Waals surface area (Å²) in [6.45, 7) is 5.75. The monoisotopic (exact) mass is 235 g/mol. The lowest BCUT2D eigenvalue weighted by molar-refractivity contribution is 0.00566. The van der Waals surface area contributed by atoms with E-state index in [2.05, 4.69) is 5.32 Å².